The van der Waals surface area contributed by atoms with Crippen LogP contribution < -0.4 is 28.5 Å². The van der Waals surface area contributed by atoms with Crippen molar-refractivity contribution in [3.05, 3.63) is 34.2 Å². The van der Waals surface area contributed by atoms with E-state index < -0.39 is 0 Å². The van der Waals surface area contributed by atoms with Crippen molar-refractivity contribution in [3.8, 4) is 0 Å². The fourth-order valence-electron chi connectivity index (χ4n) is 1.93. The predicted octanol–water partition coefficient (Wildman–Crippen LogP) is 1.33. The summed E-state index contributed by atoms with van der Waals surface area (Å²) in [7, 11) is 0. The second kappa shape index (κ2) is 7.50. The number of hydrogen-bond donors (Lipinski definition) is 0. The van der Waals surface area contributed by atoms with E-state index in [0.29, 0.717) is 0 Å². The molecule has 1 heterocycles. The SMILES string of the molecule is CCC(=Cc1sc2ccccc2[n+]1CC)SC.[I-]. The molecular formula is C14H18INS2. The van der Waals surface area contributed by atoms with Gasteiger partial charge in [-0.25, -0.2) is 0 Å². The lowest BCUT2D eigenvalue weighted by Crippen LogP contribution is -3.00. The molecule has 0 saturated carbocycles. The molecule has 0 N–H and O–H groups in total. The number of allylic oxidation sites excluding steroid dienone is 1. The Balaban J connectivity index is 0.00000162. The standard InChI is InChI=1S/C14H18NS2.HI/c1-4-11(16-3)10-14-15(5-2)12-8-6-7-9-13(12)17-14;/h6-10H,4-5H2,1-3H3;1H/q+1;/p-1. The van der Waals surface area contributed by atoms with Gasteiger partial charge >= 0.3 is 0 Å². The number of nitrogens with zero attached hydrogens (tertiary/aromatic N) is 1. The maximum Gasteiger partial charge on any atom is 0.263 e. The van der Waals surface area contributed by atoms with E-state index in [4.69, 9.17) is 0 Å². The molecule has 1 aromatic carbocycles. The number of aromatic nitrogens is 1. The van der Waals surface area contributed by atoms with Gasteiger partial charge in [0, 0.05) is 12.1 Å². The molecule has 1 aromatic heterocycles. The first-order valence-electron chi connectivity index (χ1n) is 5.96. The van der Waals surface area contributed by atoms with Gasteiger partial charge in [-0.1, -0.05) is 30.4 Å². The van der Waals surface area contributed by atoms with Crippen molar-refractivity contribution in [2.45, 2.75) is 26.8 Å². The number of para-hydroxylation sites is 1. The lowest BCUT2D eigenvalue weighted by atomic mass is 10.3. The second-order valence-electron chi connectivity index (χ2n) is 3.82. The Morgan fingerprint density at radius 1 is 1.33 bits per heavy atom. The molecule has 0 aliphatic rings. The van der Waals surface area contributed by atoms with E-state index in [1.807, 2.05) is 23.1 Å². The average Bonchev–Trinajstić information content (AvgIpc) is 2.72. The van der Waals surface area contributed by atoms with Crippen LogP contribution in [0.2, 0.25) is 0 Å². The molecule has 0 atom stereocenters. The van der Waals surface area contributed by atoms with Crippen LogP contribution in [0.3, 0.4) is 0 Å². The fourth-order valence-corrected chi connectivity index (χ4v) is 3.72. The van der Waals surface area contributed by atoms with Crippen LogP contribution in [0.4, 0.5) is 0 Å². The summed E-state index contributed by atoms with van der Waals surface area (Å²) in [4.78, 5) is 1.44. The normalized spacial score (nSPS) is 11.6. The van der Waals surface area contributed by atoms with Gasteiger partial charge in [-0.15, -0.1) is 11.8 Å². The summed E-state index contributed by atoms with van der Waals surface area (Å²) < 4.78 is 3.77. The molecule has 98 valence electrons. The van der Waals surface area contributed by atoms with Crippen LogP contribution in [0.25, 0.3) is 16.3 Å². The quantitative estimate of drug-likeness (QED) is 0.562. The molecule has 0 radical (unpaired) electrons. The third kappa shape index (κ3) is 3.27. The second-order valence-corrected chi connectivity index (χ2v) is 5.82. The van der Waals surface area contributed by atoms with Gasteiger partial charge in [0.1, 0.15) is 11.2 Å². The minimum atomic E-state index is 0. The molecule has 0 saturated heterocycles. The molecule has 0 spiro atoms. The predicted molar refractivity (Wildman–Crippen MR) is 79.5 cm³/mol. The molecule has 0 aliphatic carbocycles. The van der Waals surface area contributed by atoms with Crippen molar-refractivity contribution in [1.82, 2.24) is 0 Å². The van der Waals surface area contributed by atoms with E-state index in [0.717, 1.165) is 13.0 Å². The van der Waals surface area contributed by atoms with Gasteiger partial charge in [0.15, 0.2) is 0 Å². The van der Waals surface area contributed by atoms with Crippen LogP contribution in [-0.4, -0.2) is 6.26 Å². The van der Waals surface area contributed by atoms with Crippen LogP contribution in [0.1, 0.15) is 25.3 Å². The number of thioether (sulfide) groups is 1. The lowest BCUT2D eigenvalue weighted by Gasteiger charge is -1.96. The summed E-state index contributed by atoms with van der Waals surface area (Å²) in [6.45, 7) is 5.45. The zero-order valence-corrected chi connectivity index (χ0v) is 14.7. The van der Waals surface area contributed by atoms with E-state index >= 15 is 0 Å². The first kappa shape index (κ1) is 16.0. The van der Waals surface area contributed by atoms with Gasteiger partial charge in [-0.3, -0.25) is 0 Å². The molecule has 2 aromatic rings. The highest BCUT2D eigenvalue weighted by molar-refractivity contribution is 8.02. The topological polar surface area (TPSA) is 3.88 Å². The number of aryl methyl sites for hydroxylation is 1. The number of halogens is 1. The highest BCUT2D eigenvalue weighted by Gasteiger charge is 2.16. The van der Waals surface area contributed by atoms with Gasteiger partial charge in [0.25, 0.3) is 5.01 Å². The molecular weight excluding hydrogens is 373 g/mol. The van der Waals surface area contributed by atoms with Crippen LogP contribution in [-0.2, 0) is 6.54 Å². The van der Waals surface area contributed by atoms with Crippen molar-refractivity contribution in [2.24, 2.45) is 0 Å². The van der Waals surface area contributed by atoms with Gasteiger partial charge in [0.2, 0.25) is 5.52 Å². The molecule has 1 nitrogen and oxygen atoms in total. The van der Waals surface area contributed by atoms with Gasteiger partial charge in [-0.05, 0) is 30.6 Å². The Labute approximate surface area is 134 Å². The minimum Gasteiger partial charge on any atom is -1.00 e. The van der Waals surface area contributed by atoms with E-state index in [1.54, 1.807) is 0 Å². The van der Waals surface area contributed by atoms with Gasteiger partial charge < -0.3 is 24.0 Å². The molecule has 0 unspecified atom stereocenters. The molecule has 2 rings (SSSR count). The number of thiazole rings is 1. The minimum absolute atomic E-state index is 0. The van der Waals surface area contributed by atoms with Crippen molar-refractivity contribution >= 4 is 39.4 Å². The summed E-state index contributed by atoms with van der Waals surface area (Å²) >= 11 is 3.73. The summed E-state index contributed by atoms with van der Waals surface area (Å²) in [6, 6.07) is 8.64. The van der Waals surface area contributed by atoms with Crippen LogP contribution >= 0.6 is 23.1 Å². The highest BCUT2D eigenvalue weighted by atomic mass is 127. The number of fused-ring (bicyclic) bond motifs is 1. The molecule has 0 fully saturated rings. The molecule has 0 aliphatic heterocycles. The van der Waals surface area contributed by atoms with Crippen molar-refractivity contribution in [3.63, 3.8) is 0 Å². The summed E-state index contributed by atoms with van der Waals surface area (Å²) in [5.41, 5.74) is 1.35. The maximum atomic E-state index is 2.39. The molecule has 4 heteroatoms. The van der Waals surface area contributed by atoms with Crippen LogP contribution in [0.5, 0.6) is 0 Å². The first-order chi connectivity index (χ1) is 8.30. The van der Waals surface area contributed by atoms with E-state index in [1.165, 1.54) is 20.1 Å². The number of hydrogen-bond acceptors (Lipinski definition) is 2. The zero-order valence-electron chi connectivity index (χ0n) is 10.9. The Morgan fingerprint density at radius 3 is 2.67 bits per heavy atom. The third-order valence-electron chi connectivity index (χ3n) is 2.85. The van der Waals surface area contributed by atoms with Crippen LogP contribution in [0, 0.1) is 0 Å². The summed E-state index contributed by atoms with van der Waals surface area (Å²) in [5.74, 6) is 0. The van der Waals surface area contributed by atoms with Gasteiger partial charge in [0.05, 0.1) is 0 Å². The average molecular weight is 391 g/mol. The number of rotatable bonds is 4. The Hall–Kier alpha value is -0.0700. The zero-order chi connectivity index (χ0) is 12.3. The Kier molecular flexibility index (Phi) is 6.66. The fraction of sp³-hybridized carbons (Fsp3) is 0.357. The summed E-state index contributed by atoms with van der Waals surface area (Å²) in [5, 5.41) is 1.36. The first-order valence-corrected chi connectivity index (χ1v) is 8.00. The maximum absolute atomic E-state index is 2.39. The number of benzene rings is 1. The van der Waals surface area contributed by atoms with Crippen molar-refractivity contribution in [1.29, 1.82) is 0 Å². The largest absolute Gasteiger partial charge is 1.00 e. The highest BCUT2D eigenvalue weighted by Crippen LogP contribution is 2.25. The van der Waals surface area contributed by atoms with E-state index in [2.05, 4.69) is 55.0 Å². The Morgan fingerprint density at radius 2 is 2.06 bits per heavy atom. The van der Waals surface area contributed by atoms with E-state index in [-0.39, 0.29) is 24.0 Å². The Bertz CT molecular complexity index is 540. The van der Waals surface area contributed by atoms with Crippen LogP contribution in [0.15, 0.2) is 29.2 Å². The summed E-state index contributed by atoms with van der Waals surface area (Å²) in [6.07, 6.45) is 5.59. The smallest absolute Gasteiger partial charge is 0.263 e. The van der Waals surface area contributed by atoms with E-state index in [9.17, 15) is 0 Å². The van der Waals surface area contributed by atoms with Crippen molar-refractivity contribution in [2.75, 3.05) is 6.26 Å². The van der Waals surface area contributed by atoms with Crippen molar-refractivity contribution < 1.29 is 28.5 Å². The third-order valence-corrected chi connectivity index (χ3v) is 4.89. The molecule has 0 bridgehead atoms. The lowest BCUT2D eigenvalue weighted by molar-refractivity contribution is -0.665. The monoisotopic (exact) mass is 391 g/mol. The molecule has 18 heavy (non-hydrogen) atoms. The molecule has 0 amide bonds. The van der Waals surface area contributed by atoms with Gasteiger partial charge in [-0.2, -0.15) is 4.57 Å².